The summed E-state index contributed by atoms with van der Waals surface area (Å²) in [6, 6.07) is 7.37. The van der Waals surface area contributed by atoms with Gasteiger partial charge in [0.2, 0.25) is 5.91 Å². The van der Waals surface area contributed by atoms with Gasteiger partial charge in [0.15, 0.2) is 0 Å². The number of likely N-dealkylation sites (N-methyl/N-ethyl adjacent to an activating group) is 1. The summed E-state index contributed by atoms with van der Waals surface area (Å²) in [5.41, 5.74) is 0.886. The first-order valence-electron chi connectivity index (χ1n) is 13.1. The van der Waals surface area contributed by atoms with Crippen molar-refractivity contribution in [2.45, 2.75) is 71.0 Å². The lowest BCUT2D eigenvalue weighted by molar-refractivity contribution is -0.142. The molecule has 1 aliphatic rings. The first-order chi connectivity index (χ1) is 18.5. The second kappa shape index (κ2) is 13.8. The number of carbonyl (C=O) groups excluding carboxylic acids is 4. The van der Waals surface area contributed by atoms with Crippen LogP contribution in [0, 0.1) is 5.92 Å². The van der Waals surface area contributed by atoms with Crippen molar-refractivity contribution < 1.29 is 28.5 Å². The van der Waals surface area contributed by atoms with Gasteiger partial charge < -0.3 is 19.9 Å². The summed E-state index contributed by atoms with van der Waals surface area (Å²) in [7, 11) is 0.413. The van der Waals surface area contributed by atoms with Gasteiger partial charge in [-0.3, -0.25) is 29.1 Å². The van der Waals surface area contributed by atoms with Crippen molar-refractivity contribution >= 4 is 30.9 Å². The minimum absolute atomic E-state index is 0.0566. The SMILES string of the molecule is CC(C)C[C@H](NC(=O)[C@H](Cc1ccccc1)NC(=O)c1cnccn1)B1OC(=O)C[C@H](C)N(C)[C@H](C)C(=O)O1. The molecule has 2 heterocycles. The molecule has 11 nitrogen and oxygen atoms in total. The molecule has 0 bridgehead atoms. The number of hydrogen-bond acceptors (Lipinski definition) is 9. The Morgan fingerprint density at radius 2 is 1.82 bits per heavy atom. The van der Waals surface area contributed by atoms with Crippen LogP contribution >= 0.6 is 0 Å². The van der Waals surface area contributed by atoms with Crippen LogP contribution in [0.15, 0.2) is 48.9 Å². The van der Waals surface area contributed by atoms with E-state index in [-0.39, 0.29) is 30.5 Å². The third kappa shape index (κ3) is 8.61. The predicted molar refractivity (Wildman–Crippen MR) is 144 cm³/mol. The van der Waals surface area contributed by atoms with Crippen LogP contribution in [0.3, 0.4) is 0 Å². The molecule has 0 aliphatic carbocycles. The van der Waals surface area contributed by atoms with Crippen LogP contribution in [0.5, 0.6) is 0 Å². The summed E-state index contributed by atoms with van der Waals surface area (Å²) in [5.74, 6) is -2.98. The maximum absolute atomic E-state index is 13.7. The van der Waals surface area contributed by atoms with Crippen molar-refractivity contribution in [2.75, 3.05) is 7.05 Å². The zero-order valence-electron chi connectivity index (χ0n) is 23.0. The maximum atomic E-state index is 13.7. The van der Waals surface area contributed by atoms with E-state index in [4.69, 9.17) is 9.31 Å². The van der Waals surface area contributed by atoms with E-state index in [1.165, 1.54) is 18.6 Å². The molecule has 2 amide bonds. The Morgan fingerprint density at radius 3 is 2.46 bits per heavy atom. The van der Waals surface area contributed by atoms with Gasteiger partial charge in [-0.2, -0.15) is 0 Å². The zero-order chi connectivity index (χ0) is 28.5. The Morgan fingerprint density at radius 1 is 1.10 bits per heavy atom. The highest BCUT2D eigenvalue weighted by molar-refractivity contribution is 6.51. The fourth-order valence-electron chi connectivity index (χ4n) is 4.25. The lowest BCUT2D eigenvalue weighted by Crippen LogP contribution is -2.57. The maximum Gasteiger partial charge on any atom is 0.622 e. The van der Waals surface area contributed by atoms with E-state index < -0.39 is 48.9 Å². The molecular weight excluding hydrogens is 501 g/mol. The van der Waals surface area contributed by atoms with Gasteiger partial charge in [-0.1, -0.05) is 44.2 Å². The fourth-order valence-corrected chi connectivity index (χ4v) is 4.25. The number of amides is 2. The van der Waals surface area contributed by atoms with Gasteiger partial charge in [-0.25, -0.2) is 4.98 Å². The lowest BCUT2D eigenvalue weighted by Gasteiger charge is -2.28. The van der Waals surface area contributed by atoms with Crippen LogP contribution in [0.25, 0.3) is 0 Å². The minimum atomic E-state index is -1.33. The lowest BCUT2D eigenvalue weighted by atomic mass is 9.73. The number of benzene rings is 1. The average Bonchev–Trinajstić information content (AvgIpc) is 2.94. The largest absolute Gasteiger partial charge is 0.622 e. The van der Waals surface area contributed by atoms with Gasteiger partial charge in [-0.15, -0.1) is 0 Å². The van der Waals surface area contributed by atoms with Gasteiger partial charge in [0, 0.05) is 24.9 Å². The average molecular weight is 537 g/mol. The summed E-state index contributed by atoms with van der Waals surface area (Å²) in [4.78, 5) is 61.8. The molecule has 0 spiro atoms. The molecule has 39 heavy (non-hydrogen) atoms. The molecule has 1 aromatic heterocycles. The number of nitrogens with one attached hydrogen (secondary N) is 2. The van der Waals surface area contributed by atoms with Crippen LogP contribution in [0.1, 0.15) is 56.6 Å². The first-order valence-corrected chi connectivity index (χ1v) is 13.1. The molecular formula is C27H36BN5O6. The molecule has 3 rings (SSSR count). The van der Waals surface area contributed by atoms with Crippen LogP contribution in [0.2, 0.25) is 0 Å². The number of carbonyl (C=O) groups is 4. The van der Waals surface area contributed by atoms with E-state index in [1.807, 2.05) is 51.1 Å². The highest BCUT2D eigenvalue weighted by atomic mass is 16.6. The summed E-state index contributed by atoms with van der Waals surface area (Å²) < 4.78 is 11.2. The summed E-state index contributed by atoms with van der Waals surface area (Å²) in [6.45, 7) is 7.40. The van der Waals surface area contributed by atoms with Crippen LogP contribution in [0.4, 0.5) is 0 Å². The van der Waals surface area contributed by atoms with Crippen molar-refractivity contribution in [3.05, 3.63) is 60.2 Å². The van der Waals surface area contributed by atoms with Gasteiger partial charge in [0.05, 0.1) is 18.6 Å². The fraction of sp³-hybridized carbons (Fsp3) is 0.481. The predicted octanol–water partition coefficient (Wildman–Crippen LogP) is 1.57. The molecule has 1 aromatic carbocycles. The second-order valence-electron chi connectivity index (χ2n) is 10.2. The molecule has 2 aromatic rings. The van der Waals surface area contributed by atoms with Gasteiger partial charge in [0.25, 0.3) is 11.9 Å². The standard InChI is InChI=1S/C27H36BN5O6/c1-17(2)13-23(28-38-24(34)14-18(3)33(5)19(4)27(37)39-28)32-25(35)21(15-20-9-7-6-8-10-20)31-26(36)22-16-29-11-12-30-22/h6-12,16-19,21,23H,13-15H2,1-5H3,(H,31,36)(H,32,35)/t18-,19+,21-,23-/m0/s1. The quantitative estimate of drug-likeness (QED) is 0.456. The number of hydrogen-bond donors (Lipinski definition) is 2. The Labute approximate surface area is 229 Å². The molecule has 4 atom stereocenters. The first kappa shape index (κ1) is 29.8. The molecule has 1 aliphatic heterocycles. The van der Waals surface area contributed by atoms with E-state index in [1.54, 1.807) is 18.9 Å². The van der Waals surface area contributed by atoms with Crippen LogP contribution < -0.4 is 10.6 Å². The van der Waals surface area contributed by atoms with Crippen molar-refractivity contribution in [3.63, 3.8) is 0 Å². The van der Waals surface area contributed by atoms with Crippen LogP contribution in [-0.2, 0) is 30.1 Å². The van der Waals surface area contributed by atoms with E-state index in [0.717, 1.165) is 5.56 Å². The van der Waals surface area contributed by atoms with E-state index in [2.05, 4.69) is 20.6 Å². The number of nitrogens with zero attached hydrogens (tertiary/aromatic N) is 3. The monoisotopic (exact) mass is 537 g/mol. The zero-order valence-corrected chi connectivity index (χ0v) is 23.0. The summed E-state index contributed by atoms with van der Waals surface area (Å²) in [5, 5.41) is 5.62. The van der Waals surface area contributed by atoms with Gasteiger partial charge in [-0.05, 0) is 38.8 Å². The third-order valence-corrected chi connectivity index (χ3v) is 6.67. The molecule has 0 unspecified atom stereocenters. The highest BCUT2D eigenvalue weighted by Crippen LogP contribution is 2.17. The Kier molecular flexibility index (Phi) is 10.6. The molecule has 208 valence electrons. The number of rotatable bonds is 9. The smallest absolute Gasteiger partial charge is 0.498 e. The Hall–Kier alpha value is -3.80. The Balaban J connectivity index is 1.86. The molecule has 0 saturated carbocycles. The van der Waals surface area contributed by atoms with Crippen molar-refractivity contribution in [1.82, 2.24) is 25.5 Å². The molecule has 0 radical (unpaired) electrons. The topological polar surface area (TPSA) is 140 Å². The number of aromatic nitrogens is 2. The normalized spacial score (nSPS) is 20.1. The molecule has 1 fully saturated rings. The van der Waals surface area contributed by atoms with Gasteiger partial charge >= 0.3 is 13.1 Å². The second-order valence-corrected chi connectivity index (χ2v) is 10.2. The van der Waals surface area contributed by atoms with E-state index in [0.29, 0.717) is 6.42 Å². The van der Waals surface area contributed by atoms with Gasteiger partial charge in [0.1, 0.15) is 17.8 Å². The summed E-state index contributed by atoms with van der Waals surface area (Å²) in [6.07, 6.45) is 4.74. The van der Waals surface area contributed by atoms with Crippen LogP contribution in [-0.4, -0.2) is 76.9 Å². The van der Waals surface area contributed by atoms with E-state index >= 15 is 0 Å². The van der Waals surface area contributed by atoms with Crippen molar-refractivity contribution in [1.29, 1.82) is 0 Å². The minimum Gasteiger partial charge on any atom is -0.498 e. The summed E-state index contributed by atoms with van der Waals surface area (Å²) >= 11 is 0. The van der Waals surface area contributed by atoms with E-state index in [9.17, 15) is 19.2 Å². The molecule has 12 heteroatoms. The van der Waals surface area contributed by atoms with Crippen molar-refractivity contribution in [2.24, 2.45) is 5.92 Å². The Bertz CT molecular complexity index is 1140. The third-order valence-electron chi connectivity index (χ3n) is 6.67. The van der Waals surface area contributed by atoms with Crippen molar-refractivity contribution in [3.8, 4) is 0 Å². The highest BCUT2D eigenvalue weighted by Gasteiger charge is 2.43. The molecule has 1 saturated heterocycles. The molecule has 2 N–H and O–H groups in total.